The van der Waals surface area contributed by atoms with Crippen molar-refractivity contribution in [2.45, 2.75) is 46.3 Å². The van der Waals surface area contributed by atoms with Gasteiger partial charge in [0.1, 0.15) is 11.5 Å². The molecular formula is C16H25NO4. The average molecular weight is 295 g/mol. The Hall–Kier alpha value is -1.33. The molecule has 0 radical (unpaired) electrons. The van der Waals surface area contributed by atoms with Crippen molar-refractivity contribution >= 4 is 5.91 Å². The number of hydrogen-bond acceptors (Lipinski definition) is 4. The molecule has 1 aliphatic rings. The minimum absolute atomic E-state index is 0.149. The highest BCUT2D eigenvalue weighted by atomic mass is 16.6. The first-order chi connectivity index (χ1) is 9.91. The number of rotatable bonds is 4. The molecule has 118 valence electrons. The monoisotopic (exact) mass is 295 g/mol. The molecule has 1 aliphatic heterocycles. The number of carbonyl (C=O) groups excluding carboxylic acids is 1. The normalized spacial score (nSPS) is 21.0. The Bertz CT molecular complexity index is 469. The lowest BCUT2D eigenvalue weighted by molar-refractivity contribution is -0.149. The summed E-state index contributed by atoms with van der Waals surface area (Å²) in [6.45, 7) is 9.57. The van der Waals surface area contributed by atoms with E-state index >= 15 is 0 Å². The van der Waals surface area contributed by atoms with Crippen molar-refractivity contribution in [3.8, 4) is 0 Å². The average Bonchev–Trinajstić information content (AvgIpc) is 2.92. The van der Waals surface area contributed by atoms with Crippen LogP contribution in [0.3, 0.4) is 0 Å². The molecule has 2 rings (SSSR count). The summed E-state index contributed by atoms with van der Waals surface area (Å²) in [6, 6.07) is 3.70. The molecule has 1 saturated heterocycles. The van der Waals surface area contributed by atoms with E-state index in [1.54, 1.807) is 0 Å². The summed E-state index contributed by atoms with van der Waals surface area (Å²) in [5, 5.41) is 3.04. The fraction of sp³-hybridized carbons (Fsp3) is 0.688. The third-order valence-electron chi connectivity index (χ3n) is 3.58. The number of nitrogens with one attached hydrogen (secondary N) is 1. The fourth-order valence-corrected chi connectivity index (χ4v) is 2.33. The maximum Gasteiger partial charge on any atom is 0.252 e. The number of furan rings is 1. The number of amides is 1. The zero-order valence-electron chi connectivity index (χ0n) is 13.3. The van der Waals surface area contributed by atoms with Crippen LogP contribution in [0.5, 0.6) is 0 Å². The van der Waals surface area contributed by atoms with E-state index < -0.39 is 6.10 Å². The largest absolute Gasteiger partial charge is 0.464 e. The molecule has 5 nitrogen and oxygen atoms in total. The maximum atomic E-state index is 12.3. The molecule has 2 unspecified atom stereocenters. The summed E-state index contributed by atoms with van der Waals surface area (Å²) in [5.41, 5.74) is -0.159. The molecule has 0 aliphatic carbocycles. The van der Waals surface area contributed by atoms with Crippen LogP contribution in [0.15, 0.2) is 16.5 Å². The predicted molar refractivity (Wildman–Crippen MR) is 79.0 cm³/mol. The summed E-state index contributed by atoms with van der Waals surface area (Å²) < 4.78 is 16.6. The van der Waals surface area contributed by atoms with Gasteiger partial charge in [-0.1, -0.05) is 27.7 Å². The van der Waals surface area contributed by atoms with Crippen LogP contribution in [0, 0.1) is 5.41 Å². The smallest absolute Gasteiger partial charge is 0.252 e. The van der Waals surface area contributed by atoms with Crippen LogP contribution in [-0.4, -0.2) is 31.8 Å². The molecule has 0 spiro atoms. The van der Waals surface area contributed by atoms with E-state index in [-0.39, 0.29) is 17.4 Å². The number of hydrogen-bond donors (Lipinski definition) is 1. The number of aryl methyl sites for hydroxylation is 1. The third kappa shape index (κ3) is 4.08. The van der Waals surface area contributed by atoms with Gasteiger partial charge in [-0.15, -0.1) is 0 Å². The highest BCUT2D eigenvalue weighted by molar-refractivity contribution is 5.81. The molecule has 1 amide bonds. The first-order valence-corrected chi connectivity index (χ1v) is 7.50. The topological polar surface area (TPSA) is 60.7 Å². The molecule has 21 heavy (non-hydrogen) atoms. The lowest BCUT2D eigenvalue weighted by atomic mass is 9.85. The highest BCUT2D eigenvalue weighted by Gasteiger charge is 2.33. The quantitative estimate of drug-likeness (QED) is 0.927. The second-order valence-corrected chi connectivity index (χ2v) is 6.40. The lowest BCUT2D eigenvalue weighted by Crippen LogP contribution is -2.46. The minimum Gasteiger partial charge on any atom is -0.464 e. The Labute approximate surface area is 126 Å². The zero-order chi connectivity index (χ0) is 15.5. The van der Waals surface area contributed by atoms with Crippen molar-refractivity contribution in [3.63, 3.8) is 0 Å². The molecule has 2 atom stereocenters. The predicted octanol–water partition coefficient (Wildman–Crippen LogP) is 2.46. The Morgan fingerprint density at radius 3 is 2.67 bits per heavy atom. The van der Waals surface area contributed by atoms with Crippen LogP contribution < -0.4 is 5.32 Å². The van der Waals surface area contributed by atoms with Crippen LogP contribution in [0.1, 0.15) is 45.3 Å². The van der Waals surface area contributed by atoms with Crippen molar-refractivity contribution in [2.75, 3.05) is 19.8 Å². The second kappa shape index (κ2) is 6.62. The van der Waals surface area contributed by atoms with Crippen molar-refractivity contribution in [1.29, 1.82) is 0 Å². The van der Waals surface area contributed by atoms with Crippen LogP contribution >= 0.6 is 0 Å². The molecule has 5 heteroatoms. The highest BCUT2D eigenvalue weighted by Crippen LogP contribution is 2.34. The first kappa shape index (κ1) is 16.0. The van der Waals surface area contributed by atoms with Crippen molar-refractivity contribution in [3.05, 3.63) is 23.7 Å². The molecule has 2 heterocycles. The zero-order valence-corrected chi connectivity index (χ0v) is 13.3. The second-order valence-electron chi connectivity index (χ2n) is 6.40. The van der Waals surface area contributed by atoms with E-state index in [0.717, 1.165) is 17.9 Å². The van der Waals surface area contributed by atoms with Gasteiger partial charge in [0.2, 0.25) is 0 Å². The van der Waals surface area contributed by atoms with Crippen molar-refractivity contribution in [1.82, 2.24) is 5.32 Å². The van der Waals surface area contributed by atoms with Gasteiger partial charge in [-0.2, -0.15) is 0 Å². The minimum atomic E-state index is -0.538. The SMILES string of the molecule is CCc1ccc(C(NC(=O)C2COCCO2)C(C)(C)C)o1. The van der Waals surface area contributed by atoms with Crippen LogP contribution in [-0.2, 0) is 20.7 Å². The summed E-state index contributed by atoms with van der Waals surface area (Å²) in [5.74, 6) is 1.55. The Balaban J connectivity index is 2.11. The molecule has 1 aromatic rings. The maximum absolute atomic E-state index is 12.3. The fourth-order valence-electron chi connectivity index (χ4n) is 2.33. The van der Waals surface area contributed by atoms with Crippen molar-refractivity contribution < 1.29 is 18.7 Å². The number of carbonyl (C=O) groups is 1. The van der Waals surface area contributed by atoms with Crippen LogP contribution in [0.4, 0.5) is 0 Å². The van der Waals surface area contributed by atoms with Gasteiger partial charge in [0.25, 0.3) is 5.91 Å². The van der Waals surface area contributed by atoms with Gasteiger partial charge < -0.3 is 19.2 Å². The van der Waals surface area contributed by atoms with Gasteiger partial charge >= 0.3 is 0 Å². The standard InChI is InChI=1S/C16H25NO4/c1-5-11-6-7-12(21-11)14(16(2,3)4)17-15(18)13-10-19-8-9-20-13/h6-7,13-14H,5,8-10H2,1-4H3,(H,17,18). The van der Waals surface area contributed by atoms with E-state index in [1.165, 1.54) is 0 Å². The molecular weight excluding hydrogens is 270 g/mol. The summed E-state index contributed by atoms with van der Waals surface area (Å²) in [6.07, 6.45) is 0.300. The van der Waals surface area contributed by atoms with E-state index in [4.69, 9.17) is 13.9 Å². The van der Waals surface area contributed by atoms with Gasteiger partial charge in [0.15, 0.2) is 6.10 Å². The summed E-state index contributed by atoms with van der Waals surface area (Å²) in [4.78, 5) is 12.3. The number of ether oxygens (including phenoxy) is 2. The third-order valence-corrected chi connectivity index (χ3v) is 3.58. The molecule has 0 bridgehead atoms. The van der Waals surface area contributed by atoms with Gasteiger partial charge in [-0.05, 0) is 17.5 Å². The molecule has 1 N–H and O–H groups in total. The Morgan fingerprint density at radius 1 is 1.38 bits per heavy atom. The van der Waals surface area contributed by atoms with Gasteiger partial charge in [0, 0.05) is 6.42 Å². The van der Waals surface area contributed by atoms with E-state index in [1.807, 2.05) is 19.1 Å². The summed E-state index contributed by atoms with van der Waals surface area (Å²) >= 11 is 0. The van der Waals surface area contributed by atoms with E-state index in [9.17, 15) is 4.79 Å². The molecule has 1 aromatic heterocycles. The van der Waals surface area contributed by atoms with Gasteiger partial charge in [-0.3, -0.25) is 4.79 Å². The molecule has 0 aromatic carbocycles. The van der Waals surface area contributed by atoms with E-state index in [2.05, 4.69) is 26.1 Å². The Kier molecular flexibility index (Phi) is 5.06. The van der Waals surface area contributed by atoms with Crippen molar-refractivity contribution in [2.24, 2.45) is 5.41 Å². The van der Waals surface area contributed by atoms with E-state index in [0.29, 0.717) is 19.8 Å². The van der Waals surface area contributed by atoms with Gasteiger partial charge in [-0.25, -0.2) is 0 Å². The molecule has 0 saturated carbocycles. The Morgan fingerprint density at radius 2 is 2.14 bits per heavy atom. The molecule has 1 fully saturated rings. The lowest BCUT2D eigenvalue weighted by Gasteiger charge is -2.32. The summed E-state index contributed by atoms with van der Waals surface area (Å²) in [7, 11) is 0. The van der Waals surface area contributed by atoms with Gasteiger partial charge in [0.05, 0.1) is 25.9 Å². The van der Waals surface area contributed by atoms with Crippen LogP contribution in [0.2, 0.25) is 0 Å². The first-order valence-electron chi connectivity index (χ1n) is 7.50. The van der Waals surface area contributed by atoms with Crippen LogP contribution in [0.25, 0.3) is 0 Å².